The Morgan fingerprint density at radius 3 is 2.12 bits per heavy atom. The molecule has 1 saturated heterocycles. The van der Waals surface area contributed by atoms with Crippen LogP contribution in [-0.4, -0.2) is 43.7 Å². The first kappa shape index (κ1) is 27.8. The van der Waals surface area contributed by atoms with Crippen molar-refractivity contribution in [2.75, 3.05) is 38.2 Å². The van der Waals surface area contributed by atoms with Crippen molar-refractivity contribution in [3.05, 3.63) is 95.6 Å². The van der Waals surface area contributed by atoms with Gasteiger partial charge < -0.3 is 15.1 Å². The van der Waals surface area contributed by atoms with Crippen LogP contribution < -0.4 is 9.64 Å². The van der Waals surface area contributed by atoms with Gasteiger partial charge in [-0.15, -0.1) is 24.8 Å². The number of ether oxygens (including phenoxy) is 1. The number of halogens is 2. The lowest BCUT2D eigenvalue weighted by atomic mass is 9.96. The standard InChI is InChI=1S/C26H30N2O.2ClH.H2O/c1-21-9-8-10-22(19-21)20-25(23-11-4-3-5-12-23)28-17-15-27(16-18-28)24-13-6-7-14-26(24)29-2;;;/h3-14,19,25H,15-18,20H2,1-2H3;2*1H;1H2. The Bertz CT molecular complexity index is 932. The van der Waals surface area contributed by atoms with E-state index >= 15 is 0 Å². The average Bonchev–Trinajstić information content (AvgIpc) is 2.78. The fourth-order valence-electron chi connectivity index (χ4n) is 4.36. The molecule has 2 N–H and O–H groups in total. The predicted octanol–water partition coefficient (Wildman–Crippen LogP) is 5.13. The number of hydrogen-bond donors (Lipinski definition) is 0. The van der Waals surface area contributed by atoms with Crippen LogP contribution in [0.1, 0.15) is 22.7 Å². The van der Waals surface area contributed by atoms with Crippen molar-refractivity contribution in [2.24, 2.45) is 0 Å². The molecule has 0 spiro atoms. The summed E-state index contributed by atoms with van der Waals surface area (Å²) in [6.45, 7) is 6.29. The van der Waals surface area contributed by atoms with Gasteiger partial charge in [0.05, 0.1) is 12.8 Å². The molecular weight excluding hydrogens is 443 g/mol. The molecule has 1 unspecified atom stereocenters. The SMILES string of the molecule is COc1ccccc1N1CCN(C(Cc2cccc(C)c2)c2ccccc2)CC1.Cl.Cl.O. The molecule has 0 saturated carbocycles. The van der Waals surface area contributed by atoms with Crippen molar-refractivity contribution in [3.63, 3.8) is 0 Å². The Morgan fingerprint density at radius 2 is 1.47 bits per heavy atom. The predicted molar refractivity (Wildman–Crippen MR) is 139 cm³/mol. The summed E-state index contributed by atoms with van der Waals surface area (Å²) in [7, 11) is 1.75. The molecule has 1 atom stereocenters. The van der Waals surface area contributed by atoms with Gasteiger partial charge in [0.2, 0.25) is 0 Å². The topological polar surface area (TPSA) is 47.2 Å². The summed E-state index contributed by atoms with van der Waals surface area (Å²) in [5, 5.41) is 0. The van der Waals surface area contributed by atoms with E-state index in [2.05, 4.69) is 83.5 Å². The molecule has 0 radical (unpaired) electrons. The minimum atomic E-state index is 0. The first-order valence-electron chi connectivity index (χ1n) is 10.5. The molecule has 0 bridgehead atoms. The zero-order valence-electron chi connectivity index (χ0n) is 18.7. The maximum absolute atomic E-state index is 5.58. The van der Waals surface area contributed by atoms with Crippen molar-refractivity contribution in [3.8, 4) is 5.75 Å². The second-order valence-corrected chi connectivity index (χ2v) is 7.81. The zero-order chi connectivity index (χ0) is 20.1. The van der Waals surface area contributed by atoms with Crippen LogP contribution in [0.2, 0.25) is 0 Å². The molecule has 1 aliphatic rings. The van der Waals surface area contributed by atoms with Gasteiger partial charge in [0.15, 0.2) is 0 Å². The smallest absolute Gasteiger partial charge is 0.142 e. The highest BCUT2D eigenvalue weighted by Gasteiger charge is 2.26. The Morgan fingerprint density at radius 1 is 0.812 bits per heavy atom. The molecule has 3 aromatic carbocycles. The maximum atomic E-state index is 5.58. The summed E-state index contributed by atoms with van der Waals surface area (Å²) in [5.74, 6) is 0.959. The van der Waals surface area contributed by atoms with E-state index in [-0.39, 0.29) is 30.3 Å². The van der Waals surface area contributed by atoms with Crippen LogP contribution in [-0.2, 0) is 6.42 Å². The molecule has 4 rings (SSSR count). The van der Waals surface area contributed by atoms with Gasteiger partial charge >= 0.3 is 0 Å². The molecule has 1 fully saturated rings. The van der Waals surface area contributed by atoms with Gasteiger partial charge in [-0.3, -0.25) is 4.90 Å². The molecule has 6 heteroatoms. The summed E-state index contributed by atoms with van der Waals surface area (Å²) in [4.78, 5) is 5.09. The fourth-order valence-corrected chi connectivity index (χ4v) is 4.36. The number of piperazine rings is 1. The monoisotopic (exact) mass is 476 g/mol. The van der Waals surface area contributed by atoms with E-state index in [4.69, 9.17) is 4.74 Å². The van der Waals surface area contributed by atoms with Crippen LogP contribution in [0, 0.1) is 6.92 Å². The van der Waals surface area contributed by atoms with Gasteiger partial charge in [0.25, 0.3) is 0 Å². The zero-order valence-corrected chi connectivity index (χ0v) is 20.4. The lowest BCUT2D eigenvalue weighted by Crippen LogP contribution is -2.48. The van der Waals surface area contributed by atoms with E-state index in [1.54, 1.807) is 7.11 Å². The Balaban J connectivity index is 0.00000171. The third-order valence-corrected chi connectivity index (χ3v) is 5.88. The summed E-state index contributed by atoms with van der Waals surface area (Å²) in [6.07, 6.45) is 1.04. The number of para-hydroxylation sites is 2. The van der Waals surface area contributed by atoms with Crippen LogP contribution in [0.5, 0.6) is 5.75 Å². The van der Waals surface area contributed by atoms with Gasteiger partial charge in [0, 0.05) is 32.2 Å². The van der Waals surface area contributed by atoms with Crippen molar-refractivity contribution in [2.45, 2.75) is 19.4 Å². The van der Waals surface area contributed by atoms with Gasteiger partial charge in [-0.25, -0.2) is 0 Å². The number of nitrogens with zero attached hydrogens (tertiary/aromatic N) is 2. The van der Waals surface area contributed by atoms with E-state index in [0.29, 0.717) is 6.04 Å². The second kappa shape index (κ2) is 13.3. The van der Waals surface area contributed by atoms with Crippen LogP contribution in [0.4, 0.5) is 5.69 Å². The Hall–Kier alpha value is -2.24. The fraction of sp³-hybridized carbons (Fsp3) is 0.308. The summed E-state index contributed by atoms with van der Waals surface area (Å²) < 4.78 is 5.58. The van der Waals surface area contributed by atoms with Gasteiger partial charge in [0.1, 0.15) is 5.75 Å². The molecular formula is C26H34Cl2N2O2. The Kier molecular flexibility index (Phi) is 11.6. The number of aryl methyl sites for hydroxylation is 1. The van der Waals surface area contributed by atoms with Gasteiger partial charge in [-0.2, -0.15) is 0 Å². The highest BCUT2D eigenvalue weighted by Crippen LogP contribution is 2.31. The first-order valence-corrected chi connectivity index (χ1v) is 10.5. The third kappa shape index (κ3) is 6.63. The number of rotatable bonds is 6. The van der Waals surface area contributed by atoms with E-state index in [1.165, 1.54) is 22.4 Å². The number of anilines is 1. The highest BCUT2D eigenvalue weighted by atomic mass is 35.5. The van der Waals surface area contributed by atoms with E-state index in [1.807, 2.05) is 12.1 Å². The molecule has 3 aromatic rings. The minimum Gasteiger partial charge on any atom is -0.495 e. The lowest BCUT2D eigenvalue weighted by Gasteiger charge is -2.41. The second-order valence-electron chi connectivity index (χ2n) is 7.81. The summed E-state index contributed by atoms with van der Waals surface area (Å²) >= 11 is 0. The summed E-state index contributed by atoms with van der Waals surface area (Å²) in [5.41, 5.74) is 5.34. The van der Waals surface area contributed by atoms with Gasteiger partial charge in [-0.1, -0.05) is 72.3 Å². The molecule has 32 heavy (non-hydrogen) atoms. The average molecular weight is 477 g/mol. The first-order chi connectivity index (χ1) is 14.2. The molecule has 174 valence electrons. The quantitative estimate of drug-likeness (QED) is 0.495. The van der Waals surface area contributed by atoms with Crippen LogP contribution in [0.3, 0.4) is 0 Å². The molecule has 4 nitrogen and oxygen atoms in total. The molecule has 0 aliphatic carbocycles. The van der Waals surface area contributed by atoms with E-state index < -0.39 is 0 Å². The van der Waals surface area contributed by atoms with Crippen molar-refractivity contribution < 1.29 is 10.2 Å². The van der Waals surface area contributed by atoms with E-state index in [0.717, 1.165) is 38.3 Å². The largest absolute Gasteiger partial charge is 0.495 e. The molecule has 0 amide bonds. The lowest BCUT2D eigenvalue weighted by molar-refractivity contribution is 0.184. The molecule has 1 aliphatic heterocycles. The Labute approximate surface area is 204 Å². The maximum Gasteiger partial charge on any atom is 0.142 e. The highest BCUT2D eigenvalue weighted by molar-refractivity contribution is 5.85. The van der Waals surface area contributed by atoms with Crippen LogP contribution in [0.15, 0.2) is 78.9 Å². The molecule has 1 heterocycles. The van der Waals surface area contributed by atoms with Crippen molar-refractivity contribution in [1.82, 2.24) is 4.90 Å². The number of hydrogen-bond acceptors (Lipinski definition) is 3. The van der Waals surface area contributed by atoms with Gasteiger partial charge in [-0.05, 0) is 36.6 Å². The molecule has 0 aromatic heterocycles. The minimum absolute atomic E-state index is 0. The van der Waals surface area contributed by atoms with Crippen molar-refractivity contribution >= 4 is 30.5 Å². The number of methoxy groups -OCH3 is 1. The summed E-state index contributed by atoms with van der Waals surface area (Å²) in [6, 6.07) is 28.6. The van der Waals surface area contributed by atoms with Crippen LogP contribution in [0.25, 0.3) is 0 Å². The number of benzene rings is 3. The van der Waals surface area contributed by atoms with Crippen LogP contribution >= 0.6 is 24.8 Å². The third-order valence-electron chi connectivity index (χ3n) is 5.88. The normalized spacial score (nSPS) is 14.4. The van der Waals surface area contributed by atoms with E-state index in [9.17, 15) is 0 Å². The van der Waals surface area contributed by atoms with Crippen molar-refractivity contribution in [1.29, 1.82) is 0 Å².